The SMILES string of the molecule is CNC1CCCC(N2CCCC(OC)C2)C1. The lowest BCUT2D eigenvalue weighted by Gasteiger charge is -2.41. The van der Waals surface area contributed by atoms with Crippen LogP contribution in [-0.4, -0.2) is 50.3 Å². The van der Waals surface area contributed by atoms with Crippen molar-refractivity contribution < 1.29 is 4.74 Å². The molecule has 3 unspecified atom stereocenters. The predicted octanol–water partition coefficient (Wildman–Crippen LogP) is 1.63. The molecular formula is C13H26N2O. The molecular weight excluding hydrogens is 200 g/mol. The van der Waals surface area contributed by atoms with Crippen LogP contribution in [0.4, 0.5) is 0 Å². The number of methoxy groups -OCH3 is 1. The van der Waals surface area contributed by atoms with Crippen LogP contribution in [-0.2, 0) is 4.74 Å². The van der Waals surface area contributed by atoms with E-state index < -0.39 is 0 Å². The zero-order valence-electron chi connectivity index (χ0n) is 10.7. The van der Waals surface area contributed by atoms with E-state index in [4.69, 9.17) is 4.74 Å². The van der Waals surface area contributed by atoms with E-state index in [-0.39, 0.29) is 0 Å². The maximum Gasteiger partial charge on any atom is 0.0698 e. The summed E-state index contributed by atoms with van der Waals surface area (Å²) in [5.41, 5.74) is 0. The van der Waals surface area contributed by atoms with Crippen LogP contribution in [0.15, 0.2) is 0 Å². The van der Waals surface area contributed by atoms with Crippen LogP contribution in [0, 0.1) is 0 Å². The summed E-state index contributed by atoms with van der Waals surface area (Å²) in [6.45, 7) is 2.43. The van der Waals surface area contributed by atoms with E-state index in [0.717, 1.165) is 18.6 Å². The number of hydrogen-bond acceptors (Lipinski definition) is 3. The fourth-order valence-electron chi connectivity index (χ4n) is 3.25. The Kier molecular flexibility index (Phi) is 4.62. The van der Waals surface area contributed by atoms with E-state index in [0.29, 0.717) is 6.10 Å². The van der Waals surface area contributed by atoms with Crippen LogP contribution >= 0.6 is 0 Å². The molecule has 1 aliphatic carbocycles. The number of ether oxygens (including phenoxy) is 1. The molecule has 0 amide bonds. The third-order valence-electron chi connectivity index (χ3n) is 4.31. The van der Waals surface area contributed by atoms with E-state index in [2.05, 4.69) is 17.3 Å². The quantitative estimate of drug-likeness (QED) is 0.791. The molecule has 0 aromatic rings. The Morgan fingerprint density at radius 2 is 2.06 bits per heavy atom. The zero-order valence-corrected chi connectivity index (χ0v) is 10.7. The van der Waals surface area contributed by atoms with Gasteiger partial charge in [-0.25, -0.2) is 0 Å². The van der Waals surface area contributed by atoms with Crippen LogP contribution in [0.5, 0.6) is 0 Å². The van der Waals surface area contributed by atoms with Crippen molar-refractivity contribution in [3.05, 3.63) is 0 Å². The minimum absolute atomic E-state index is 0.476. The van der Waals surface area contributed by atoms with Gasteiger partial charge in [-0.15, -0.1) is 0 Å². The number of likely N-dealkylation sites (tertiary alicyclic amines) is 1. The molecule has 0 radical (unpaired) electrons. The maximum absolute atomic E-state index is 5.51. The van der Waals surface area contributed by atoms with E-state index >= 15 is 0 Å². The summed E-state index contributed by atoms with van der Waals surface area (Å²) < 4.78 is 5.51. The van der Waals surface area contributed by atoms with Gasteiger partial charge in [0, 0.05) is 25.7 Å². The van der Waals surface area contributed by atoms with E-state index in [1.807, 2.05) is 7.11 Å². The summed E-state index contributed by atoms with van der Waals surface area (Å²) in [6, 6.07) is 1.53. The first-order chi connectivity index (χ1) is 7.83. The number of rotatable bonds is 3. The van der Waals surface area contributed by atoms with Crippen molar-refractivity contribution >= 4 is 0 Å². The monoisotopic (exact) mass is 226 g/mol. The molecule has 3 atom stereocenters. The first-order valence-corrected chi connectivity index (χ1v) is 6.77. The minimum Gasteiger partial charge on any atom is -0.380 e. The normalized spacial score (nSPS) is 37.5. The number of hydrogen-bond donors (Lipinski definition) is 1. The highest BCUT2D eigenvalue weighted by Gasteiger charge is 2.29. The Bertz CT molecular complexity index is 188. The molecule has 1 aliphatic heterocycles. The topological polar surface area (TPSA) is 24.5 Å². The van der Waals surface area contributed by atoms with Crippen LogP contribution in [0.2, 0.25) is 0 Å². The Balaban J connectivity index is 1.85. The summed E-state index contributed by atoms with van der Waals surface area (Å²) in [7, 11) is 3.95. The first kappa shape index (κ1) is 12.3. The summed E-state index contributed by atoms with van der Waals surface area (Å²) in [6.07, 6.45) is 8.47. The zero-order chi connectivity index (χ0) is 11.4. The van der Waals surface area contributed by atoms with Gasteiger partial charge < -0.3 is 10.1 Å². The second-order valence-corrected chi connectivity index (χ2v) is 5.30. The van der Waals surface area contributed by atoms with Gasteiger partial charge in [0.05, 0.1) is 6.10 Å². The smallest absolute Gasteiger partial charge is 0.0698 e. The molecule has 2 aliphatic rings. The molecule has 94 valence electrons. The average molecular weight is 226 g/mol. The van der Waals surface area contributed by atoms with Gasteiger partial charge in [-0.3, -0.25) is 4.90 Å². The highest BCUT2D eigenvalue weighted by atomic mass is 16.5. The van der Waals surface area contributed by atoms with Crippen molar-refractivity contribution in [1.82, 2.24) is 10.2 Å². The van der Waals surface area contributed by atoms with Crippen LogP contribution < -0.4 is 5.32 Å². The lowest BCUT2D eigenvalue weighted by atomic mass is 9.89. The molecule has 0 bridgehead atoms. The average Bonchev–Trinajstić information content (AvgIpc) is 2.39. The van der Waals surface area contributed by atoms with Gasteiger partial charge in [-0.1, -0.05) is 6.42 Å². The fraction of sp³-hybridized carbons (Fsp3) is 1.00. The summed E-state index contributed by atoms with van der Waals surface area (Å²) in [5.74, 6) is 0. The van der Waals surface area contributed by atoms with Crippen LogP contribution in [0.3, 0.4) is 0 Å². The third-order valence-corrected chi connectivity index (χ3v) is 4.31. The maximum atomic E-state index is 5.51. The van der Waals surface area contributed by atoms with Gasteiger partial charge in [0.25, 0.3) is 0 Å². The predicted molar refractivity (Wildman–Crippen MR) is 66.7 cm³/mol. The summed E-state index contributed by atoms with van der Waals surface area (Å²) >= 11 is 0. The number of piperidine rings is 1. The van der Waals surface area contributed by atoms with Crippen molar-refractivity contribution in [2.24, 2.45) is 0 Å². The Morgan fingerprint density at radius 3 is 2.81 bits per heavy atom. The highest BCUT2D eigenvalue weighted by molar-refractivity contribution is 4.86. The molecule has 1 saturated heterocycles. The van der Waals surface area contributed by atoms with Gasteiger partial charge in [0.1, 0.15) is 0 Å². The summed E-state index contributed by atoms with van der Waals surface area (Å²) in [4.78, 5) is 2.67. The molecule has 3 nitrogen and oxygen atoms in total. The van der Waals surface area contributed by atoms with Crippen molar-refractivity contribution in [2.75, 3.05) is 27.2 Å². The van der Waals surface area contributed by atoms with Crippen molar-refractivity contribution in [3.8, 4) is 0 Å². The van der Waals surface area contributed by atoms with Gasteiger partial charge in [-0.05, 0) is 45.7 Å². The molecule has 16 heavy (non-hydrogen) atoms. The number of nitrogens with one attached hydrogen (secondary N) is 1. The largest absolute Gasteiger partial charge is 0.380 e. The molecule has 0 aromatic carbocycles. The lowest BCUT2D eigenvalue weighted by molar-refractivity contribution is 0.00531. The van der Waals surface area contributed by atoms with Crippen molar-refractivity contribution in [1.29, 1.82) is 0 Å². The molecule has 1 saturated carbocycles. The van der Waals surface area contributed by atoms with Gasteiger partial charge in [0.2, 0.25) is 0 Å². The van der Waals surface area contributed by atoms with Gasteiger partial charge in [0.15, 0.2) is 0 Å². The highest BCUT2D eigenvalue weighted by Crippen LogP contribution is 2.26. The molecule has 2 fully saturated rings. The van der Waals surface area contributed by atoms with Crippen molar-refractivity contribution in [2.45, 2.75) is 56.7 Å². The van der Waals surface area contributed by atoms with E-state index in [1.54, 1.807) is 0 Å². The minimum atomic E-state index is 0.476. The van der Waals surface area contributed by atoms with Crippen LogP contribution in [0.25, 0.3) is 0 Å². The van der Waals surface area contributed by atoms with E-state index in [9.17, 15) is 0 Å². The second kappa shape index (κ2) is 5.99. The Hall–Kier alpha value is -0.120. The van der Waals surface area contributed by atoms with E-state index in [1.165, 1.54) is 45.1 Å². The lowest BCUT2D eigenvalue weighted by Crippen LogP contribution is -2.49. The number of nitrogens with zero attached hydrogens (tertiary/aromatic N) is 1. The summed E-state index contributed by atoms with van der Waals surface area (Å²) in [5, 5.41) is 3.44. The third kappa shape index (κ3) is 2.96. The van der Waals surface area contributed by atoms with Crippen LogP contribution in [0.1, 0.15) is 38.5 Å². The fourth-order valence-corrected chi connectivity index (χ4v) is 3.25. The van der Waals surface area contributed by atoms with Crippen molar-refractivity contribution in [3.63, 3.8) is 0 Å². The standard InChI is InChI=1S/C13H26N2O/c1-14-11-5-3-6-12(9-11)15-8-4-7-13(10-15)16-2/h11-14H,3-10H2,1-2H3. The molecule has 1 heterocycles. The van der Waals surface area contributed by atoms with Gasteiger partial charge in [-0.2, -0.15) is 0 Å². The van der Waals surface area contributed by atoms with Gasteiger partial charge >= 0.3 is 0 Å². The Labute approximate surface area is 99.5 Å². The Morgan fingerprint density at radius 1 is 1.19 bits per heavy atom. The molecule has 2 rings (SSSR count). The molecule has 0 aromatic heterocycles. The molecule has 3 heteroatoms. The first-order valence-electron chi connectivity index (χ1n) is 6.77. The molecule has 0 spiro atoms. The second-order valence-electron chi connectivity index (χ2n) is 5.30. The molecule has 1 N–H and O–H groups in total.